The second-order valence-corrected chi connectivity index (χ2v) is 6.82. The summed E-state index contributed by atoms with van der Waals surface area (Å²) in [5, 5.41) is 16.6. The summed E-state index contributed by atoms with van der Waals surface area (Å²) in [6, 6.07) is 24.7. The van der Waals surface area contributed by atoms with Crippen LogP contribution in [0.2, 0.25) is 5.02 Å². The van der Waals surface area contributed by atoms with Crippen LogP contribution in [0.3, 0.4) is 0 Å². The van der Waals surface area contributed by atoms with Gasteiger partial charge in [-0.05, 0) is 47.5 Å². The van der Waals surface area contributed by atoms with E-state index in [2.05, 4.69) is 12.1 Å². The molecule has 1 aliphatic heterocycles. The van der Waals surface area contributed by atoms with Gasteiger partial charge in [-0.2, -0.15) is 5.10 Å². The summed E-state index contributed by atoms with van der Waals surface area (Å²) >= 11 is 6.01. The number of halogens is 1. The number of carboxylic acids is 1. The average Bonchev–Trinajstić information content (AvgIpc) is 3.15. The Morgan fingerprint density at radius 1 is 0.963 bits per heavy atom. The topological polar surface area (TPSA) is 52.9 Å². The molecule has 4 rings (SSSR count). The van der Waals surface area contributed by atoms with Crippen LogP contribution in [0.1, 0.15) is 33.9 Å². The van der Waals surface area contributed by atoms with Gasteiger partial charge in [0.2, 0.25) is 0 Å². The fourth-order valence-electron chi connectivity index (χ4n) is 3.26. The molecule has 1 heterocycles. The van der Waals surface area contributed by atoms with Gasteiger partial charge >= 0.3 is 5.97 Å². The lowest BCUT2D eigenvalue weighted by molar-refractivity contribution is 0.0697. The number of carboxylic acid groups (broad SMARTS) is 1. The number of benzene rings is 3. The minimum absolute atomic E-state index is 0.0487. The quantitative estimate of drug-likeness (QED) is 0.663. The van der Waals surface area contributed by atoms with Crippen LogP contribution >= 0.6 is 11.6 Å². The van der Waals surface area contributed by atoms with Gasteiger partial charge in [-0.1, -0.05) is 54.1 Å². The van der Waals surface area contributed by atoms with Crippen LogP contribution in [-0.4, -0.2) is 16.8 Å². The highest BCUT2D eigenvalue weighted by Gasteiger charge is 2.29. The third-order valence-corrected chi connectivity index (χ3v) is 4.90. The Hall–Kier alpha value is -3.11. The Morgan fingerprint density at radius 2 is 1.63 bits per heavy atom. The normalized spacial score (nSPS) is 16.3. The monoisotopic (exact) mass is 376 g/mol. The lowest BCUT2D eigenvalue weighted by atomic mass is 9.98. The number of aromatic carboxylic acids is 1. The zero-order valence-electron chi connectivity index (χ0n) is 14.4. The zero-order chi connectivity index (χ0) is 18.8. The highest BCUT2D eigenvalue weighted by atomic mass is 35.5. The number of carbonyl (C=O) groups is 1. The molecule has 0 unspecified atom stereocenters. The molecule has 3 aromatic rings. The Morgan fingerprint density at radius 3 is 2.26 bits per heavy atom. The molecule has 0 aliphatic carbocycles. The predicted octanol–water partition coefficient (Wildman–Crippen LogP) is 5.39. The summed E-state index contributed by atoms with van der Waals surface area (Å²) in [6.45, 7) is 0. The van der Waals surface area contributed by atoms with Crippen molar-refractivity contribution in [2.45, 2.75) is 12.5 Å². The van der Waals surface area contributed by atoms with Crippen molar-refractivity contribution in [3.63, 3.8) is 0 Å². The molecule has 27 heavy (non-hydrogen) atoms. The molecule has 0 spiro atoms. The van der Waals surface area contributed by atoms with E-state index in [4.69, 9.17) is 21.8 Å². The first-order valence-electron chi connectivity index (χ1n) is 8.63. The number of hydrazone groups is 1. The number of hydrogen-bond acceptors (Lipinski definition) is 3. The standard InChI is InChI=1S/C22H17ClN2O2/c23-18-10-6-15(7-11-18)20-14-21(16-4-2-1-3-5-16)25(24-20)19-12-8-17(9-13-19)22(26)27/h1-13,21H,14H2,(H,26,27)/t21-/m1/s1. The first-order valence-corrected chi connectivity index (χ1v) is 9.00. The van der Waals surface area contributed by atoms with Gasteiger partial charge in [0.15, 0.2) is 0 Å². The third kappa shape index (κ3) is 3.57. The lowest BCUT2D eigenvalue weighted by Crippen LogP contribution is -2.18. The number of rotatable bonds is 4. The first kappa shape index (κ1) is 17.3. The van der Waals surface area contributed by atoms with Crippen LogP contribution in [0.4, 0.5) is 5.69 Å². The predicted molar refractivity (Wildman–Crippen MR) is 108 cm³/mol. The van der Waals surface area contributed by atoms with Crippen molar-refractivity contribution in [2.24, 2.45) is 5.10 Å². The minimum Gasteiger partial charge on any atom is -0.478 e. The van der Waals surface area contributed by atoms with Crippen LogP contribution < -0.4 is 5.01 Å². The molecule has 1 atom stereocenters. The van der Waals surface area contributed by atoms with E-state index in [9.17, 15) is 4.79 Å². The van der Waals surface area contributed by atoms with Gasteiger partial charge in [0.25, 0.3) is 0 Å². The number of anilines is 1. The molecule has 5 heteroatoms. The first-order chi connectivity index (χ1) is 13.1. The molecule has 0 bridgehead atoms. The number of hydrogen-bond donors (Lipinski definition) is 1. The maximum atomic E-state index is 11.1. The van der Waals surface area contributed by atoms with Gasteiger partial charge < -0.3 is 5.11 Å². The maximum absolute atomic E-state index is 11.1. The van der Waals surface area contributed by atoms with Crippen LogP contribution in [0, 0.1) is 0 Å². The second kappa shape index (κ2) is 7.25. The van der Waals surface area contributed by atoms with Crippen molar-refractivity contribution in [3.8, 4) is 0 Å². The molecule has 0 saturated carbocycles. The van der Waals surface area contributed by atoms with E-state index < -0.39 is 5.97 Å². The summed E-state index contributed by atoms with van der Waals surface area (Å²) < 4.78 is 0. The fraction of sp³-hybridized carbons (Fsp3) is 0.0909. The molecular formula is C22H17ClN2O2. The molecule has 1 N–H and O–H groups in total. The molecular weight excluding hydrogens is 360 g/mol. The largest absolute Gasteiger partial charge is 0.478 e. The molecule has 0 aromatic heterocycles. The molecule has 0 radical (unpaired) electrons. The van der Waals surface area contributed by atoms with Crippen molar-refractivity contribution in [2.75, 3.05) is 5.01 Å². The van der Waals surface area contributed by atoms with E-state index in [1.165, 1.54) is 0 Å². The van der Waals surface area contributed by atoms with E-state index >= 15 is 0 Å². The van der Waals surface area contributed by atoms with E-state index in [1.807, 2.05) is 47.5 Å². The van der Waals surface area contributed by atoms with Gasteiger partial charge in [0.05, 0.1) is 23.0 Å². The van der Waals surface area contributed by atoms with E-state index in [0.717, 1.165) is 28.9 Å². The van der Waals surface area contributed by atoms with Gasteiger partial charge in [0, 0.05) is 11.4 Å². The van der Waals surface area contributed by atoms with E-state index in [-0.39, 0.29) is 11.6 Å². The lowest BCUT2D eigenvalue weighted by Gasteiger charge is -2.24. The SMILES string of the molecule is O=C(O)c1ccc(N2N=C(c3ccc(Cl)cc3)C[C@@H]2c2ccccc2)cc1. The van der Waals surface area contributed by atoms with Crippen LogP contribution in [-0.2, 0) is 0 Å². The van der Waals surface area contributed by atoms with Crippen molar-refractivity contribution in [3.05, 3.63) is 101 Å². The molecule has 134 valence electrons. The van der Waals surface area contributed by atoms with Crippen molar-refractivity contribution in [1.82, 2.24) is 0 Å². The second-order valence-electron chi connectivity index (χ2n) is 6.38. The van der Waals surface area contributed by atoms with Gasteiger partial charge in [-0.3, -0.25) is 5.01 Å². The third-order valence-electron chi connectivity index (χ3n) is 4.65. The van der Waals surface area contributed by atoms with Crippen molar-refractivity contribution < 1.29 is 9.90 Å². The minimum atomic E-state index is -0.937. The maximum Gasteiger partial charge on any atom is 0.335 e. The molecule has 0 saturated heterocycles. The summed E-state index contributed by atoms with van der Waals surface area (Å²) in [5.74, 6) is -0.937. The van der Waals surface area contributed by atoms with Crippen molar-refractivity contribution >= 4 is 29.0 Å². The fourth-order valence-corrected chi connectivity index (χ4v) is 3.38. The van der Waals surface area contributed by atoms with Gasteiger partial charge in [0.1, 0.15) is 0 Å². The smallest absolute Gasteiger partial charge is 0.335 e. The summed E-state index contributed by atoms with van der Waals surface area (Å²) in [7, 11) is 0. The molecule has 3 aromatic carbocycles. The molecule has 0 fully saturated rings. The summed E-state index contributed by atoms with van der Waals surface area (Å²) in [5.41, 5.74) is 4.29. The highest BCUT2D eigenvalue weighted by Crippen LogP contribution is 2.36. The molecule has 0 amide bonds. The van der Waals surface area contributed by atoms with Gasteiger partial charge in [-0.25, -0.2) is 4.79 Å². The molecule has 4 nitrogen and oxygen atoms in total. The average molecular weight is 377 g/mol. The Bertz CT molecular complexity index is 983. The van der Waals surface area contributed by atoms with E-state index in [1.54, 1.807) is 24.3 Å². The van der Waals surface area contributed by atoms with Crippen molar-refractivity contribution in [1.29, 1.82) is 0 Å². The Balaban J connectivity index is 1.73. The molecule has 1 aliphatic rings. The highest BCUT2D eigenvalue weighted by molar-refractivity contribution is 6.30. The number of nitrogens with zero attached hydrogens (tertiary/aromatic N) is 2. The summed E-state index contributed by atoms with van der Waals surface area (Å²) in [4.78, 5) is 11.1. The summed E-state index contributed by atoms with van der Waals surface area (Å²) in [6.07, 6.45) is 0.756. The Kier molecular flexibility index (Phi) is 4.65. The Labute approximate surface area is 162 Å². The van der Waals surface area contributed by atoms with Crippen LogP contribution in [0.15, 0.2) is 84.0 Å². The van der Waals surface area contributed by atoms with Crippen LogP contribution in [0.5, 0.6) is 0 Å². The van der Waals surface area contributed by atoms with Gasteiger partial charge in [-0.15, -0.1) is 0 Å². The van der Waals surface area contributed by atoms with E-state index in [0.29, 0.717) is 5.02 Å². The zero-order valence-corrected chi connectivity index (χ0v) is 15.2. The van der Waals surface area contributed by atoms with Crippen LogP contribution in [0.25, 0.3) is 0 Å².